The monoisotopic (exact) mass is 286 g/mol. The SMILES string of the molecule is Cc1ccc(-n2nc(C)c3c2CC(C)(C)CC3=O)cc1F. The molecule has 1 aromatic heterocycles. The molecule has 2 aromatic rings. The van der Waals surface area contributed by atoms with Crippen molar-refractivity contribution >= 4 is 5.78 Å². The number of ketones is 1. The van der Waals surface area contributed by atoms with Crippen molar-refractivity contribution in [2.24, 2.45) is 5.41 Å². The van der Waals surface area contributed by atoms with Crippen molar-refractivity contribution in [1.29, 1.82) is 0 Å². The van der Waals surface area contributed by atoms with E-state index in [0.717, 1.165) is 23.4 Å². The molecule has 0 unspecified atom stereocenters. The van der Waals surface area contributed by atoms with E-state index in [-0.39, 0.29) is 17.0 Å². The van der Waals surface area contributed by atoms with Gasteiger partial charge in [0.2, 0.25) is 0 Å². The van der Waals surface area contributed by atoms with Gasteiger partial charge in [-0.3, -0.25) is 4.79 Å². The van der Waals surface area contributed by atoms with Crippen molar-refractivity contribution in [3.05, 3.63) is 46.5 Å². The molecule has 4 heteroatoms. The van der Waals surface area contributed by atoms with E-state index < -0.39 is 0 Å². The number of carbonyl (C=O) groups is 1. The Bertz CT molecular complexity index is 743. The lowest BCUT2D eigenvalue weighted by atomic mass is 9.75. The van der Waals surface area contributed by atoms with Gasteiger partial charge in [-0.1, -0.05) is 19.9 Å². The maximum Gasteiger partial charge on any atom is 0.167 e. The van der Waals surface area contributed by atoms with Gasteiger partial charge >= 0.3 is 0 Å². The predicted octanol–water partition coefficient (Wildman–Crippen LogP) is 3.78. The summed E-state index contributed by atoms with van der Waals surface area (Å²) in [6.45, 7) is 7.73. The molecule has 0 radical (unpaired) electrons. The normalized spacial score (nSPS) is 16.9. The van der Waals surface area contributed by atoms with E-state index in [1.165, 1.54) is 6.07 Å². The molecule has 0 spiro atoms. The van der Waals surface area contributed by atoms with Gasteiger partial charge in [-0.05, 0) is 43.4 Å². The van der Waals surface area contributed by atoms with Crippen LogP contribution in [0.3, 0.4) is 0 Å². The number of hydrogen-bond acceptors (Lipinski definition) is 2. The number of aromatic nitrogens is 2. The van der Waals surface area contributed by atoms with Gasteiger partial charge in [0.15, 0.2) is 5.78 Å². The molecule has 110 valence electrons. The largest absolute Gasteiger partial charge is 0.294 e. The molecule has 0 saturated heterocycles. The van der Waals surface area contributed by atoms with Gasteiger partial charge in [-0.25, -0.2) is 9.07 Å². The zero-order valence-electron chi connectivity index (χ0n) is 12.8. The zero-order valence-corrected chi connectivity index (χ0v) is 12.8. The first-order valence-electron chi connectivity index (χ1n) is 7.17. The van der Waals surface area contributed by atoms with E-state index in [1.807, 2.05) is 13.0 Å². The van der Waals surface area contributed by atoms with Crippen LogP contribution in [0.25, 0.3) is 5.69 Å². The van der Waals surface area contributed by atoms with Crippen LogP contribution in [0.15, 0.2) is 18.2 Å². The summed E-state index contributed by atoms with van der Waals surface area (Å²) in [5.74, 6) is -0.117. The Morgan fingerprint density at radius 2 is 1.95 bits per heavy atom. The van der Waals surface area contributed by atoms with Crippen LogP contribution < -0.4 is 0 Å². The first-order valence-corrected chi connectivity index (χ1v) is 7.17. The summed E-state index contributed by atoms with van der Waals surface area (Å²) >= 11 is 0. The summed E-state index contributed by atoms with van der Waals surface area (Å²) in [4.78, 5) is 12.4. The fourth-order valence-electron chi connectivity index (χ4n) is 3.07. The highest BCUT2D eigenvalue weighted by molar-refractivity contribution is 5.99. The third-order valence-corrected chi connectivity index (χ3v) is 4.12. The van der Waals surface area contributed by atoms with Crippen molar-refractivity contribution in [3.63, 3.8) is 0 Å². The van der Waals surface area contributed by atoms with Gasteiger partial charge in [0, 0.05) is 6.42 Å². The Morgan fingerprint density at radius 3 is 2.62 bits per heavy atom. The summed E-state index contributed by atoms with van der Waals surface area (Å²) in [6, 6.07) is 5.06. The minimum Gasteiger partial charge on any atom is -0.294 e. The van der Waals surface area contributed by atoms with Crippen LogP contribution >= 0.6 is 0 Å². The Kier molecular flexibility index (Phi) is 3.01. The van der Waals surface area contributed by atoms with Crippen LogP contribution in [0.1, 0.15) is 47.6 Å². The van der Waals surface area contributed by atoms with Crippen molar-refractivity contribution in [3.8, 4) is 5.69 Å². The zero-order chi connectivity index (χ0) is 15.4. The topological polar surface area (TPSA) is 34.9 Å². The molecule has 1 aliphatic rings. The molecule has 0 fully saturated rings. The summed E-state index contributed by atoms with van der Waals surface area (Å²) in [6.07, 6.45) is 1.30. The second-order valence-corrected chi connectivity index (χ2v) is 6.69. The molecular weight excluding hydrogens is 267 g/mol. The highest BCUT2D eigenvalue weighted by Crippen LogP contribution is 2.37. The number of hydrogen-bond donors (Lipinski definition) is 0. The fraction of sp³-hybridized carbons (Fsp3) is 0.412. The molecule has 21 heavy (non-hydrogen) atoms. The van der Waals surface area contributed by atoms with Gasteiger partial charge in [0.05, 0.1) is 22.6 Å². The van der Waals surface area contributed by atoms with Crippen molar-refractivity contribution < 1.29 is 9.18 Å². The van der Waals surface area contributed by atoms with E-state index in [2.05, 4.69) is 18.9 Å². The van der Waals surface area contributed by atoms with Crippen molar-refractivity contribution in [2.75, 3.05) is 0 Å². The third kappa shape index (κ3) is 2.28. The molecule has 0 bridgehead atoms. The van der Waals surface area contributed by atoms with Gasteiger partial charge in [-0.15, -0.1) is 0 Å². The van der Waals surface area contributed by atoms with Crippen molar-refractivity contribution in [1.82, 2.24) is 9.78 Å². The molecule has 0 N–H and O–H groups in total. The van der Waals surface area contributed by atoms with Crippen LogP contribution in [0, 0.1) is 25.1 Å². The number of Topliss-reactive ketones (excluding diaryl/α,β-unsaturated/α-hetero) is 1. The fourth-order valence-corrected chi connectivity index (χ4v) is 3.07. The molecule has 1 heterocycles. The number of nitrogens with zero attached hydrogens (tertiary/aromatic N) is 2. The first-order chi connectivity index (χ1) is 9.78. The van der Waals surface area contributed by atoms with E-state index in [4.69, 9.17) is 0 Å². The lowest BCUT2D eigenvalue weighted by Gasteiger charge is -2.29. The maximum absolute atomic E-state index is 13.8. The van der Waals surface area contributed by atoms with E-state index >= 15 is 0 Å². The van der Waals surface area contributed by atoms with E-state index in [1.54, 1.807) is 17.7 Å². The molecule has 3 rings (SSSR count). The summed E-state index contributed by atoms with van der Waals surface area (Å²) in [5, 5.41) is 4.48. The quantitative estimate of drug-likeness (QED) is 0.799. The number of benzene rings is 1. The van der Waals surface area contributed by atoms with E-state index in [0.29, 0.717) is 17.7 Å². The highest BCUT2D eigenvalue weighted by Gasteiger charge is 2.35. The molecule has 3 nitrogen and oxygen atoms in total. The van der Waals surface area contributed by atoms with Crippen LogP contribution in [0.5, 0.6) is 0 Å². The van der Waals surface area contributed by atoms with Crippen LogP contribution in [0.4, 0.5) is 4.39 Å². The van der Waals surface area contributed by atoms with Crippen LogP contribution in [-0.2, 0) is 6.42 Å². The minimum atomic E-state index is -0.254. The standard InChI is InChI=1S/C17H19FN2O/c1-10-5-6-12(7-13(10)18)20-14-8-17(3,4)9-15(21)16(14)11(2)19-20/h5-7H,8-9H2,1-4H3. The number of halogens is 1. The Hall–Kier alpha value is -1.97. The summed E-state index contributed by atoms with van der Waals surface area (Å²) in [7, 11) is 0. The van der Waals surface area contributed by atoms with E-state index in [9.17, 15) is 9.18 Å². The first kappa shape index (κ1) is 14.0. The molecule has 1 aromatic carbocycles. The highest BCUT2D eigenvalue weighted by atomic mass is 19.1. The number of aryl methyl sites for hydroxylation is 2. The Morgan fingerprint density at radius 1 is 1.24 bits per heavy atom. The Balaban J connectivity index is 2.19. The third-order valence-electron chi connectivity index (χ3n) is 4.12. The predicted molar refractivity (Wildman–Crippen MR) is 79.4 cm³/mol. The maximum atomic E-state index is 13.8. The number of carbonyl (C=O) groups excluding carboxylic acids is 1. The molecule has 1 aliphatic carbocycles. The number of fused-ring (bicyclic) bond motifs is 1. The molecule has 0 aliphatic heterocycles. The van der Waals surface area contributed by atoms with Gasteiger partial charge in [-0.2, -0.15) is 5.10 Å². The lowest BCUT2D eigenvalue weighted by molar-refractivity contribution is 0.0910. The summed E-state index contributed by atoms with van der Waals surface area (Å²) in [5.41, 5.74) is 3.54. The van der Waals surface area contributed by atoms with Gasteiger partial charge < -0.3 is 0 Å². The second kappa shape index (κ2) is 4.52. The number of rotatable bonds is 1. The summed E-state index contributed by atoms with van der Waals surface area (Å²) < 4.78 is 15.6. The smallest absolute Gasteiger partial charge is 0.167 e. The molecule has 0 amide bonds. The molecule has 0 saturated carbocycles. The molecular formula is C17H19FN2O. The van der Waals surface area contributed by atoms with Gasteiger partial charge in [0.1, 0.15) is 5.82 Å². The second-order valence-electron chi connectivity index (χ2n) is 6.69. The van der Waals surface area contributed by atoms with Gasteiger partial charge in [0.25, 0.3) is 0 Å². The van der Waals surface area contributed by atoms with Crippen LogP contribution in [0.2, 0.25) is 0 Å². The average Bonchev–Trinajstić information content (AvgIpc) is 2.68. The van der Waals surface area contributed by atoms with Crippen LogP contribution in [-0.4, -0.2) is 15.6 Å². The Labute approximate surface area is 123 Å². The average molecular weight is 286 g/mol. The lowest BCUT2D eigenvalue weighted by Crippen LogP contribution is -2.28. The van der Waals surface area contributed by atoms with Crippen molar-refractivity contribution in [2.45, 2.75) is 40.5 Å². The minimum absolute atomic E-state index is 0.0858. The molecule has 0 atom stereocenters.